The monoisotopic (exact) mass is 319 g/mol. The Morgan fingerprint density at radius 3 is 3.05 bits per heavy atom. The zero-order chi connectivity index (χ0) is 15.7. The zero-order valence-electron chi connectivity index (χ0n) is 12.2. The van der Waals surface area contributed by atoms with E-state index in [0.717, 1.165) is 23.1 Å². The molecular formula is C15H17N3O3S. The molecule has 1 aliphatic rings. The summed E-state index contributed by atoms with van der Waals surface area (Å²) in [6.45, 7) is 1.07. The Hall–Kier alpha value is -2.15. The molecule has 0 spiro atoms. The van der Waals surface area contributed by atoms with E-state index in [4.69, 9.17) is 10.5 Å². The molecule has 6 nitrogen and oxygen atoms in total. The first-order valence-corrected chi connectivity index (χ1v) is 7.93. The van der Waals surface area contributed by atoms with Crippen molar-refractivity contribution in [1.82, 2.24) is 9.88 Å². The van der Waals surface area contributed by atoms with Gasteiger partial charge >= 0.3 is 5.97 Å². The number of nitrogen functional groups attached to an aromatic ring is 1. The average Bonchev–Trinajstić information content (AvgIpc) is 2.92. The maximum absolute atomic E-state index is 12.6. The minimum atomic E-state index is -0.247. The summed E-state index contributed by atoms with van der Waals surface area (Å²) in [7, 11) is 1.38. The fourth-order valence-corrected chi connectivity index (χ4v) is 3.55. The number of amides is 1. The van der Waals surface area contributed by atoms with Crippen molar-refractivity contribution >= 4 is 38.6 Å². The number of carbonyl (C=O) groups excluding carboxylic acids is 2. The summed E-state index contributed by atoms with van der Waals surface area (Å²) in [6.07, 6.45) is 1.57. The maximum Gasteiger partial charge on any atom is 0.310 e. The first-order chi connectivity index (χ1) is 10.6. The fourth-order valence-electron chi connectivity index (χ4n) is 2.78. The molecular weight excluding hydrogens is 302 g/mol. The Morgan fingerprint density at radius 2 is 2.27 bits per heavy atom. The second kappa shape index (κ2) is 5.92. The lowest BCUT2D eigenvalue weighted by molar-refractivity contribution is -0.146. The van der Waals surface area contributed by atoms with Crippen LogP contribution in [0.3, 0.4) is 0 Å². The second-order valence-electron chi connectivity index (χ2n) is 5.35. The van der Waals surface area contributed by atoms with Gasteiger partial charge in [-0.2, -0.15) is 0 Å². The largest absolute Gasteiger partial charge is 0.469 e. The van der Waals surface area contributed by atoms with Gasteiger partial charge in [0.25, 0.3) is 5.91 Å². The van der Waals surface area contributed by atoms with Gasteiger partial charge in [0, 0.05) is 18.7 Å². The Labute approximate surface area is 131 Å². The predicted octanol–water partition coefficient (Wildman–Crippen LogP) is 1.90. The summed E-state index contributed by atoms with van der Waals surface area (Å²) in [5.74, 6) is -0.545. The minimum Gasteiger partial charge on any atom is -0.469 e. The zero-order valence-corrected chi connectivity index (χ0v) is 13.1. The quantitative estimate of drug-likeness (QED) is 0.855. The number of aromatic nitrogens is 1. The molecule has 1 atom stereocenters. The van der Waals surface area contributed by atoms with Crippen LogP contribution in [0.1, 0.15) is 23.2 Å². The molecule has 3 rings (SSSR count). The molecule has 2 N–H and O–H groups in total. The number of hydrogen-bond donors (Lipinski definition) is 1. The molecule has 1 aromatic carbocycles. The van der Waals surface area contributed by atoms with Crippen LogP contribution >= 0.6 is 11.3 Å². The van der Waals surface area contributed by atoms with Gasteiger partial charge < -0.3 is 15.4 Å². The van der Waals surface area contributed by atoms with E-state index in [1.807, 2.05) is 6.07 Å². The van der Waals surface area contributed by atoms with Gasteiger partial charge in [0.2, 0.25) is 0 Å². The highest BCUT2D eigenvalue weighted by Crippen LogP contribution is 2.26. The summed E-state index contributed by atoms with van der Waals surface area (Å²) in [5.41, 5.74) is 7.08. The number of rotatable bonds is 2. The van der Waals surface area contributed by atoms with Crippen molar-refractivity contribution in [3.63, 3.8) is 0 Å². The molecule has 7 heteroatoms. The topological polar surface area (TPSA) is 85.5 Å². The number of ether oxygens (including phenoxy) is 1. The molecule has 0 aliphatic carbocycles. The molecule has 0 radical (unpaired) electrons. The predicted molar refractivity (Wildman–Crippen MR) is 84.7 cm³/mol. The third-order valence-corrected chi connectivity index (χ3v) is 4.74. The summed E-state index contributed by atoms with van der Waals surface area (Å²) >= 11 is 1.36. The SMILES string of the molecule is COC(=O)C1CCCN(C(=O)c2ccc3nc(N)sc3c2)C1. The molecule has 2 heterocycles. The summed E-state index contributed by atoms with van der Waals surface area (Å²) in [5, 5.41) is 0.489. The Morgan fingerprint density at radius 1 is 1.45 bits per heavy atom. The molecule has 0 saturated carbocycles. The van der Waals surface area contributed by atoms with Crippen LogP contribution in [0, 0.1) is 5.92 Å². The van der Waals surface area contributed by atoms with Crippen LogP contribution in [-0.4, -0.2) is 42.0 Å². The lowest BCUT2D eigenvalue weighted by atomic mass is 9.97. The second-order valence-corrected chi connectivity index (χ2v) is 6.41. The number of carbonyl (C=O) groups is 2. The van der Waals surface area contributed by atoms with E-state index in [-0.39, 0.29) is 17.8 Å². The van der Waals surface area contributed by atoms with Crippen LogP contribution in [0.15, 0.2) is 18.2 Å². The van der Waals surface area contributed by atoms with Crippen LogP contribution in [0.2, 0.25) is 0 Å². The third kappa shape index (κ3) is 2.76. The van der Waals surface area contributed by atoms with Crippen LogP contribution < -0.4 is 5.73 Å². The maximum atomic E-state index is 12.6. The van der Waals surface area contributed by atoms with E-state index in [1.54, 1.807) is 17.0 Å². The molecule has 1 aromatic heterocycles. The van der Waals surface area contributed by atoms with Crippen LogP contribution in [0.5, 0.6) is 0 Å². The molecule has 1 unspecified atom stereocenters. The van der Waals surface area contributed by atoms with Crippen LogP contribution in [0.4, 0.5) is 5.13 Å². The third-order valence-electron chi connectivity index (χ3n) is 3.90. The van der Waals surface area contributed by atoms with E-state index >= 15 is 0 Å². The molecule has 1 aliphatic heterocycles. The number of nitrogens with zero attached hydrogens (tertiary/aromatic N) is 2. The number of fused-ring (bicyclic) bond motifs is 1. The van der Waals surface area contributed by atoms with Crippen molar-refractivity contribution < 1.29 is 14.3 Å². The van der Waals surface area contributed by atoms with Gasteiger partial charge in [-0.15, -0.1) is 0 Å². The van der Waals surface area contributed by atoms with Crippen LogP contribution in [-0.2, 0) is 9.53 Å². The van der Waals surface area contributed by atoms with Crippen LogP contribution in [0.25, 0.3) is 10.2 Å². The van der Waals surface area contributed by atoms with Gasteiger partial charge in [-0.25, -0.2) is 4.98 Å². The number of nitrogens with two attached hydrogens (primary N) is 1. The number of thiazole rings is 1. The highest BCUT2D eigenvalue weighted by atomic mass is 32.1. The van der Waals surface area contributed by atoms with Crippen molar-refractivity contribution in [3.05, 3.63) is 23.8 Å². The van der Waals surface area contributed by atoms with E-state index in [9.17, 15) is 9.59 Å². The van der Waals surface area contributed by atoms with E-state index < -0.39 is 0 Å². The summed E-state index contributed by atoms with van der Waals surface area (Å²) < 4.78 is 5.68. The molecule has 1 amide bonds. The number of esters is 1. The average molecular weight is 319 g/mol. The van der Waals surface area contributed by atoms with Crippen molar-refractivity contribution in [2.24, 2.45) is 5.92 Å². The lowest BCUT2D eigenvalue weighted by Gasteiger charge is -2.31. The summed E-state index contributed by atoms with van der Waals surface area (Å²) in [6, 6.07) is 5.37. The standard InChI is InChI=1S/C15H17N3O3S/c1-21-14(20)10-3-2-6-18(8-10)13(19)9-4-5-11-12(7-9)22-15(16)17-11/h4-5,7,10H,2-3,6,8H2,1H3,(H2,16,17). The van der Waals surface area contributed by atoms with Gasteiger partial charge in [-0.1, -0.05) is 11.3 Å². The lowest BCUT2D eigenvalue weighted by Crippen LogP contribution is -2.42. The number of piperidine rings is 1. The number of likely N-dealkylation sites (tertiary alicyclic amines) is 1. The molecule has 2 aromatic rings. The molecule has 0 bridgehead atoms. The highest BCUT2D eigenvalue weighted by Gasteiger charge is 2.29. The highest BCUT2D eigenvalue weighted by molar-refractivity contribution is 7.22. The first-order valence-electron chi connectivity index (χ1n) is 7.11. The van der Waals surface area contributed by atoms with Gasteiger partial charge in [0.15, 0.2) is 5.13 Å². The molecule has 116 valence electrons. The van der Waals surface area contributed by atoms with E-state index in [0.29, 0.717) is 23.8 Å². The van der Waals surface area contributed by atoms with Crippen molar-refractivity contribution in [2.75, 3.05) is 25.9 Å². The molecule has 1 fully saturated rings. The Kier molecular flexibility index (Phi) is 3.98. The van der Waals surface area contributed by atoms with E-state index in [1.165, 1.54) is 18.4 Å². The number of anilines is 1. The number of hydrogen-bond acceptors (Lipinski definition) is 6. The smallest absolute Gasteiger partial charge is 0.310 e. The van der Waals surface area contributed by atoms with Gasteiger partial charge in [-0.05, 0) is 31.0 Å². The molecule has 1 saturated heterocycles. The number of methoxy groups -OCH3 is 1. The first kappa shape index (κ1) is 14.8. The fraction of sp³-hybridized carbons (Fsp3) is 0.400. The summed E-state index contributed by atoms with van der Waals surface area (Å²) in [4.78, 5) is 30.2. The minimum absolute atomic E-state index is 0.0672. The van der Waals surface area contributed by atoms with Gasteiger partial charge in [-0.3, -0.25) is 9.59 Å². The Bertz CT molecular complexity index is 728. The van der Waals surface area contributed by atoms with Crippen molar-refractivity contribution in [3.8, 4) is 0 Å². The normalized spacial score (nSPS) is 18.4. The van der Waals surface area contributed by atoms with E-state index in [2.05, 4.69) is 4.98 Å². The van der Waals surface area contributed by atoms with Crippen molar-refractivity contribution in [2.45, 2.75) is 12.8 Å². The van der Waals surface area contributed by atoms with Gasteiger partial charge in [0.1, 0.15) is 0 Å². The van der Waals surface area contributed by atoms with Gasteiger partial charge in [0.05, 0.1) is 23.2 Å². The van der Waals surface area contributed by atoms with Crippen molar-refractivity contribution in [1.29, 1.82) is 0 Å². The number of benzene rings is 1. The molecule has 22 heavy (non-hydrogen) atoms. The Balaban J connectivity index is 1.80.